The Morgan fingerprint density at radius 1 is 1.30 bits per heavy atom. The number of benzene rings is 1. The van der Waals surface area contributed by atoms with E-state index >= 15 is 0 Å². The number of hydrogen-bond donors (Lipinski definition) is 1. The Hall–Kier alpha value is -2.08. The minimum atomic E-state index is 0.244. The van der Waals surface area contributed by atoms with Crippen molar-refractivity contribution in [1.29, 1.82) is 0 Å². The maximum atomic E-state index is 5.68. The lowest BCUT2D eigenvalue weighted by Crippen LogP contribution is -2.21. The van der Waals surface area contributed by atoms with Crippen LogP contribution in [-0.4, -0.2) is 23.3 Å². The number of nitrogens with zero attached hydrogens (tertiary/aromatic N) is 2. The molecule has 2 aromatic rings. The SMILES string of the molecule is COc1ccc(CNC(C)C)cc1OCc1ncon1. The monoisotopic (exact) mass is 277 g/mol. The molecule has 1 heterocycles. The summed E-state index contributed by atoms with van der Waals surface area (Å²) in [7, 11) is 1.61. The second-order valence-corrected chi connectivity index (χ2v) is 4.66. The number of methoxy groups -OCH3 is 1. The third-order valence-corrected chi connectivity index (χ3v) is 2.71. The molecule has 0 aliphatic heterocycles. The molecule has 2 rings (SSSR count). The summed E-state index contributed by atoms with van der Waals surface area (Å²) < 4.78 is 15.6. The van der Waals surface area contributed by atoms with E-state index in [-0.39, 0.29) is 6.61 Å². The fraction of sp³-hybridized carbons (Fsp3) is 0.429. The van der Waals surface area contributed by atoms with E-state index in [0.717, 1.165) is 12.1 Å². The zero-order valence-corrected chi connectivity index (χ0v) is 11.9. The number of nitrogens with one attached hydrogen (secondary N) is 1. The molecule has 1 aromatic carbocycles. The van der Waals surface area contributed by atoms with E-state index in [1.807, 2.05) is 18.2 Å². The van der Waals surface area contributed by atoms with Crippen LogP contribution in [0.4, 0.5) is 0 Å². The second-order valence-electron chi connectivity index (χ2n) is 4.66. The van der Waals surface area contributed by atoms with Crippen LogP contribution in [0, 0.1) is 0 Å². The first-order valence-corrected chi connectivity index (χ1v) is 6.47. The van der Waals surface area contributed by atoms with Gasteiger partial charge in [-0.1, -0.05) is 25.1 Å². The zero-order valence-electron chi connectivity index (χ0n) is 11.9. The van der Waals surface area contributed by atoms with Crippen molar-refractivity contribution in [3.05, 3.63) is 36.0 Å². The topological polar surface area (TPSA) is 69.4 Å². The van der Waals surface area contributed by atoms with Crippen molar-refractivity contribution in [2.24, 2.45) is 0 Å². The molecule has 0 saturated heterocycles. The van der Waals surface area contributed by atoms with Gasteiger partial charge in [0.25, 0.3) is 0 Å². The van der Waals surface area contributed by atoms with Gasteiger partial charge in [0.1, 0.15) is 0 Å². The Kier molecular flexibility index (Phi) is 4.95. The first kappa shape index (κ1) is 14.3. The number of rotatable bonds is 7. The summed E-state index contributed by atoms with van der Waals surface area (Å²) in [5.41, 5.74) is 1.13. The van der Waals surface area contributed by atoms with Crippen LogP contribution in [0.5, 0.6) is 11.5 Å². The van der Waals surface area contributed by atoms with Crippen LogP contribution < -0.4 is 14.8 Å². The molecule has 0 bridgehead atoms. The van der Waals surface area contributed by atoms with Crippen LogP contribution >= 0.6 is 0 Å². The Labute approximate surface area is 118 Å². The van der Waals surface area contributed by atoms with Crippen LogP contribution in [0.1, 0.15) is 25.2 Å². The Bertz CT molecular complexity index is 526. The average Bonchev–Trinajstić information content (AvgIpc) is 2.96. The molecule has 0 spiro atoms. The number of ether oxygens (including phenoxy) is 2. The van der Waals surface area contributed by atoms with Gasteiger partial charge < -0.3 is 19.3 Å². The molecule has 1 aromatic heterocycles. The molecule has 1 N–H and O–H groups in total. The molecule has 0 radical (unpaired) electrons. The highest BCUT2D eigenvalue weighted by molar-refractivity contribution is 5.43. The molecular formula is C14H19N3O3. The van der Waals surface area contributed by atoms with Gasteiger partial charge >= 0.3 is 0 Å². The van der Waals surface area contributed by atoms with E-state index in [1.54, 1.807) is 7.11 Å². The molecule has 0 saturated carbocycles. The summed E-state index contributed by atoms with van der Waals surface area (Å²) in [5, 5.41) is 7.06. The predicted molar refractivity (Wildman–Crippen MR) is 73.6 cm³/mol. The minimum Gasteiger partial charge on any atom is -0.493 e. The largest absolute Gasteiger partial charge is 0.493 e. The Morgan fingerprint density at radius 2 is 2.15 bits per heavy atom. The molecule has 6 nitrogen and oxygen atoms in total. The quantitative estimate of drug-likeness (QED) is 0.836. The molecule has 0 unspecified atom stereocenters. The predicted octanol–water partition coefficient (Wildman–Crippen LogP) is 2.16. The highest BCUT2D eigenvalue weighted by Gasteiger charge is 2.08. The van der Waals surface area contributed by atoms with E-state index < -0.39 is 0 Å². The highest BCUT2D eigenvalue weighted by atomic mass is 16.5. The van der Waals surface area contributed by atoms with Crippen LogP contribution in [0.25, 0.3) is 0 Å². The van der Waals surface area contributed by atoms with Crippen molar-refractivity contribution < 1.29 is 14.0 Å². The van der Waals surface area contributed by atoms with Crippen molar-refractivity contribution in [3.8, 4) is 11.5 Å². The lowest BCUT2D eigenvalue weighted by molar-refractivity contribution is 0.269. The molecule has 0 amide bonds. The second kappa shape index (κ2) is 6.91. The lowest BCUT2D eigenvalue weighted by Gasteiger charge is -2.13. The number of hydrogen-bond acceptors (Lipinski definition) is 6. The van der Waals surface area contributed by atoms with E-state index in [9.17, 15) is 0 Å². The smallest absolute Gasteiger partial charge is 0.213 e. The molecular weight excluding hydrogens is 258 g/mol. The van der Waals surface area contributed by atoms with Crippen molar-refractivity contribution in [1.82, 2.24) is 15.5 Å². The van der Waals surface area contributed by atoms with Gasteiger partial charge in [0.05, 0.1) is 7.11 Å². The third kappa shape index (κ3) is 3.96. The van der Waals surface area contributed by atoms with Crippen molar-refractivity contribution in [3.63, 3.8) is 0 Å². The summed E-state index contributed by atoms with van der Waals surface area (Å²) >= 11 is 0. The van der Waals surface area contributed by atoms with Crippen molar-refractivity contribution >= 4 is 0 Å². The van der Waals surface area contributed by atoms with Crippen molar-refractivity contribution in [2.45, 2.75) is 33.0 Å². The van der Waals surface area contributed by atoms with Gasteiger partial charge in [-0.05, 0) is 17.7 Å². The fourth-order valence-electron chi connectivity index (χ4n) is 1.66. The summed E-state index contributed by atoms with van der Waals surface area (Å²) in [4.78, 5) is 3.91. The van der Waals surface area contributed by atoms with Gasteiger partial charge in [-0.15, -0.1) is 0 Å². The average molecular weight is 277 g/mol. The number of aromatic nitrogens is 2. The molecule has 0 aliphatic carbocycles. The van der Waals surface area contributed by atoms with E-state index in [2.05, 4.69) is 33.8 Å². The zero-order chi connectivity index (χ0) is 14.4. The Balaban J connectivity index is 2.05. The van der Waals surface area contributed by atoms with Crippen molar-refractivity contribution in [2.75, 3.05) is 7.11 Å². The molecule has 6 heteroatoms. The lowest BCUT2D eigenvalue weighted by atomic mass is 10.2. The van der Waals surface area contributed by atoms with Gasteiger partial charge in [-0.2, -0.15) is 4.98 Å². The maximum Gasteiger partial charge on any atom is 0.213 e. The van der Waals surface area contributed by atoms with E-state index in [1.165, 1.54) is 6.39 Å². The molecule has 0 atom stereocenters. The van der Waals surface area contributed by atoms with Crippen LogP contribution in [0.15, 0.2) is 29.1 Å². The summed E-state index contributed by atoms with van der Waals surface area (Å²) in [6.45, 7) is 5.24. The van der Waals surface area contributed by atoms with Crippen LogP contribution in [0.3, 0.4) is 0 Å². The van der Waals surface area contributed by atoms with E-state index in [0.29, 0.717) is 23.4 Å². The standard InChI is InChI=1S/C14H19N3O3/c1-10(2)15-7-11-4-5-12(18-3)13(6-11)19-8-14-16-9-20-17-14/h4-6,9-10,15H,7-8H2,1-3H3. The van der Waals surface area contributed by atoms with Gasteiger partial charge in [-0.25, -0.2) is 0 Å². The summed E-state index contributed by atoms with van der Waals surface area (Å²) in [6.07, 6.45) is 1.28. The first-order chi connectivity index (χ1) is 9.69. The Morgan fingerprint density at radius 3 is 2.80 bits per heavy atom. The normalized spacial score (nSPS) is 10.8. The molecule has 108 valence electrons. The molecule has 20 heavy (non-hydrogen) atoms. The van der Waals surface area contributed by atoms with Gasteiger partial charge in [-0.3, -0.25) is 0 Å². The van der Waals surface area contributed by atoms with Crippen LogP contribution in [0.2, 0.25) is 0 Å². The first-order valence-electron chi connectivity index (χ1n) is 6.47. The maximum absolute atomic E-state index is 5.68. The molecule has 0 fully saturated rings. The van der Waals surface area contributed by atoms with Gasteiger partial charge in [0, 0.05) is 12.6 Å². The third-order valence-electron chi connectivity index (χ3n) is 2.71. The molecule has 0 aliphatic rings. The minimum absolute atomic E-state index is 0.244. The summed E-state index contributed by atoms with van der Waals surface area (Å²) in [6, 6.07) is 6.29. The summed E-state index contributed by atoms with van der Waals surface area (Å²) in [5.74, 6) is 1.85. The van der Waals surface area contributed by atoms with E-state index in [4.69, 9.17) is 9.47 Å². The highest BCUT2D eigenvalue weighted by Crippen LogP contribution is 2.28. The van der Waals surface area contributed by atoms with Gasteiger partial charge in [0.15, 0.2) is 18.1 Å². The van der Waals surface area contributed by atoms with Gasteiger partial charge in [0.2, 0.25) is 12.2 Å². The fourth-order valence-corrected chi connectivity index (χ4v) is 1.66. The van der Waals surface area contributed by atoms with Crippen LogP contribution in [-0.2, 0) is 13.2 Å².